The molecule has 37 heavy (non-hydrogen) atoms. The van der Waals surface area contributed by atoms with Crippen LogP contribution in [0, 0.1) is 34.5 Å². The van der Waals surface area contributed by atoms with E-state index in [-0.39, 0.29) is 34.4 Å². The number of benzene rings is 1. The maximum absolute atomic E-state index is 13.5. The van der Waals surface area contributed by atoms with E-state index in [2.05, 4.69) is 18.9 Å². The number of hydrogen-bond donors (Lipinski definition) is 4. The van der Waals surface area contributed by atoms with Crippen LogP contribution < -0.4 is 0 Å². The van der Waals surface area contributed by atoms with Gasteiger partial charge >= 0.3 is 5.97 Å². The van der Waals surface area contributed by atoms with Gasteiger partial charge in [0.15, 0.2) is 11.8 Å². The highest BCUT2D eigenvalue weighted by molar-refractivity contribution is 6.02. The number of aromatic nitrogens is 2. The van der Waals surface area contributed by atoms with E-state index in [4.69, 9.17) is 4.74 Å². The van der Waals surface area contributed by atoms with Crippen LogP contribution in [0.25, 0.3) is 10.9 Å². The molecule has 9 atom stereocenters. The normalized spacial score (nSPS) is 41.7. The molecule has 8 nitrogen and oxygen atoms in total. The largest absolute Gasteiger partial charge is 0.450 e. The van der Waals surface area contributed by atoms with E-state index in [0.717, 1.165) is 11.9 Å². The Kier molecular flexibility index (Phi) is 5.20. The fourth-order valence-corrected chi connectivity index (χ4v) is 8.43. The number of rotatable bonds is 3. The van der Waals surface area contributed by atoms with Crippen molar-refractivity contribution in [1.29, 1.82) is 0 Å². The Hall–Kier alpha value is -2.52. The average molecular weight is 509 g/mol. The van der Waals surface area contributed by atoms with E-state index in [1.165, 1.54) is 0 Å². The number of aryl methyl sites for hydroxylation is 1. The molecule has 8 heteroatoms. The van der Waals surface area contributed by atoms with Gasteiger partial charge in [-0.05, 0) is 53.7 Å². The number of fused-ring (bicyclic) bond motifs is 4. The van der Waals surface area contributed by atoms with Gasteiger partial charge in [0, 0.05) is 18.4 Å². The fraction of sp³-hybridized carbons (Fsp3) is 0.586. The molecule has 0 aliphatic heterocycles. The van der Waals surface area contributed by atoms with Gasteiger partial charge in [-0.2, -0.15) is 5.10 Å². The summed E-state index contributed by atoms with van der Waals surface area (Å²) in [5.74, 6) is -0.790. The maximum Gasteiger partial charge on any atom is 0.360 e. The SMILES string of the molecule is CC1=CC23C(C)CC4C(C(C=C(CO)C(O)C2(O)C1OC(=O)c1nn(C)c2ccccc12)C3O)C4(C)C. The summed E-state index contributed by atoms with van der Waals surface area (Å²) >= 11 is 0. The molecule has 1 heterocycles. The first-order valence-corrected chi connectivity index (χ1v) is 13.1. The first-order chi connectivity index (χ1) is 17.4. The van der Waals surface area contributed by atoms with Gasteiger partial charge in [-0.3, -0.25) is 4.68 Å². The molecule has 6 rings (SSSR count). The third-order valence-corrected chi connectivity index (χ3v) is 10.3. The van der Waals surface area contributed by atoms with Crippen LogP contribution >= 0.6 is 0 Å². The molecule has 0 radical (unpaired) electrons. The van der Waals surface area contributed by atoms with Crippen molar-refractivity contribution in [2.45, 2.75) is 58.0 Å². The summed E-state index contributed by atoms with van der Waals surface area (Å²) < 4.78 is 7.61. The summed E-state index contributed by atoms with van der Waals surface area (Å²) in [5.41, 5.74) is -1.64. The summed E-state index contributed by atoms with van der Waals surface area (Å²) in [6.45, 7) is 7.67. The molecule has 1 aromatic heterocycles. The number of para-hydroxylation sites is 1. The Bertz CT molecular complexity index is 1360. The number of hydrogen-bond acceptors (Lipinski definition) is 7. The Balaban J connectivity index is 1.47. The van der Waals surface area contributed by atoms with E-state index in [0.29, 0.717) is 16.9 Å². The Morgan fingerprint density at radius 2 is 1.95 bits per heavy atom. The summed E-state index contributed by atoms with van der Waals surface area (Å²) in [6, 6.07) is 7.31. The third-order valence-electron chi connectivity index (χ3n) is 10.3. The van der Waals surface area contributed by atoms with E-state index in [1.807, 2.05) is 31.2 Å². The zero-order chi connectivity index (χ0) is 26.7. The molecule has 9 unspecified atom stereocenters. The molecule has 2 aromatic rings. The minimum Gasteiger partial charge on any atom is -0.450 e. The maximum atomic E-state index is 13.5. The van der Waals surface area contributed by atoms with Crippen molar-refractivity contribution < 1.29 is 30.0 Å². The molecular weight excluding hydrogens is 472 g/mol. The predicted molar refractivity (Wildman–Crippen MR) is 136 cm³/mol. The lowest BCUT2D eigenvalue weighted by atomic mass is 9.58. The van der Waals surface area contributed by atoms with Crippen LogP contribution in [-0.2, 0) is 11.8 Å². The summed E-state index contributed by atoms with van der Waals surface area (Å²) in [7, 11) is 1.74. The minimum atomic E-state index is -2.07. The van der Waals surface area contributed by atoms with E-state index in [1.54, 1.807) is 30.8 Å². The number of ether oxygens (including phenoxy) is 1. The number of aliphatic hydroxyl groups excluding tert-OH is 3. The van der Waals surface area contributed by atoms with Crippen molar-refractivity contribution in [2.75, 3.05) is 6.61 Å². The molecule has 0 amide bonds. The molecule has 4 aliphatic carbocycles. The Labute approximate surface area is 216 Å². The van der Waals surface area contributed by atoms with Gasteiger partial charge in [-0.25, -0.2) is 4.79 Å². The number of carbonyl (C=O) groups excluding carboxylic acids is 1. The van der Waals surface area contributed by atoms with Crippen molar-refractivity contribution in [1.82, 2.24) is 9.78 Å². The van der Waals surface area contributed by atoms with Crippen LogP contribution in [0.2, 0.25) is 0 Å². The van der Waals surface area contributed by atoms with Crippen molar-refractivity contribution in [3.63, 3.8) is 0 Å². The van der Waals surface area contributed by atoms with Crippen LogP contribution in [-0.4, -0.2) is 66.7 Å². The monoisotopic (exact) mass is 508 g/mol. The molecule has 4 N–H and O–H groups in total. The molecule has 1 spiro atoms. The minimum absolute atomic E-state index is 0.00918. The first kappa shape index (κ1) is 24.8. The first-order valence-electron chi connectivity index (χ1n) is 13.1. The van der Waals surface area contributed by atoms with Crippen molar-refractivity contribution in [3.8, 4) is 0 Å². The van der Waals surface area contributed by atoms with E-state index >= 15 is 0 Å². The van der Waals surface area contributed by atoms with Gasteiger partial charge in [0.1, 0.15) is 11.7 Å². The fourth-order valence-electron chi connectivity index (χ4n) is 8.43. The zero-order valence-corrected chi connectivity index (χ0v) is 21.9. The molecule has 1 aromatic carbocycles. The van der Waals surface area contributed by atoms with Gasteiger partial charge in [0.05, 0.1) is 23.6 Å². The van der Waals surface area contributed by atoms with Gasteiger partial charge in [0.2, 0.25) is 0 Å². The molecule has 4 aliphatic rings. The average Bonchev–Trinajstić information content (AvgIpc) is 3.15. The van der Waals surface area contributed by atoms with Crippen molar-refractivity contribution >= 4 is 16.9 Å². The van der Waals surface area contributed by atoms with Crippen molar-refractivity contribution in [3.05, 3.63) is 53.3 Å². The lowest BCUT2D eigenvalue weighted by Gasteiger charge is -2.52. The van der Waals surface area contributed by atoms with Crippen LogP contribution in [0.5, 0.6) is 0 Å². The molecule has 2 saturated carbocycles. The van der Waals surface area contributed by atoms with Crippen LogP contribution in [0.4, 0.5) is 0 Å². The molecular formula is C29H36N2O6. The topological polar surface area (TPSA) is 125 Å². The molecule has 2 bridgehead atoms. The lowest BCUT2D eigenvalue weighted by molar-refractivity contribution is -0.215. The highest BCUT2D eigenvalue weighted by atomic mass is 16.6. The predicted octanol–water partition coefficient (Wildman–Crippen LogP) is 2.36. The molecule has 2 fully saturated rings. The third kappa shape index (κ3) is 2.93. The van der Waals surface area contributed by atoms with Gasteiger partial charge < -0.3 is 25.2 Å². The van der Waals surface area contributed by atoms with Gasteiger partial charge in [-0.1, -0.05) is 51.1 Å². The Morgan fingerprint density at radius 3 is 2.65 bits per heavy atom. The second-order valence-electron chi connectivity index (χ2n) is 12.3. The molecule has 198 valence electrons. The summed E-state index contributed by atoms with van der Waals surface area (Å²) in [5, 5.41) is 51.6. The van der Waals surface area contributed by atoms with E-state index < -0.39 is 41.9 Å². The number of aliphatic hydroxyl groups is 4. The Morgan fingerprint density at radius 1 is 1.24 bits per heavy atom. The van der Waals surface area contributed by atoms with Crippen LogP contribution in [0.15, 0.2) is 47.6 Å². The molecule has 0 saturated heterocycles. The second kappa shape index (κ2) is 7.76. The summed E-state index contributed by atoms with van der Waals surface area (Å²) in [6.07, 6.45) is 0.564. The second-order valence-corrected chi connectivity index (χ2v) is 12.3. The highest BCUT2D eigenvalue weighted by Gasteiger charge is 2.76. The quantitative estimate of drug-likeness (QED) is 0.371. The van der Waals surface area contributed by atoms with Gasteiger partial charge in [0.25, 0.3) is 0 Å². The van der Waals surface area contributed by atoms with Crippen LogP contribution in [0.1, 0.15) is 44.6 Å². The van der Waals surface area contributed by atoms with E-state index in [9.17, 15) is 25.2 Å². The number of carbonyl (C=O) groups is 1. The van der Waals surface area contributed by atoms with Crippen LogP contribution in [0.3, 0.4) is 0 Å². The smallest absolute Gasteiger partial charge is 0.360 e. The van der Waals surface area contributed by atoms with Gasteiger partial charge in [-0.15, -0.1) is 0 Å². The number of esters is 1. The highest BCUT2D eigenvalue weighted by Crippen LogP contribution is 2.72. The van der Waals surface area contributed by atoms with Crippen molar-refractivity contribution in [2.24, 2.45) is 41.5 Å². The zero-order valence-electron chi connectivity index (χ0n) is 21.9. The number of nitrogens with zero attached hydrogens (tertiary/aromatic N) is 2. The standard InChI is InChI=1S/C29H36N2O6/c1-14-12-28-15(2)10-19-21(27(19,3)4)18(24(28)34)11-16(13-32)23(33)29(28,36)25(14)37-26(35)22-17-8-6-7-9-20(17)31(5)30-22/h6-9,11-12,15,18-19,21,23-25,32-34,36H,10,13H2,1-5H3. The lowest BCUT2D eigenvalue weighted by Crippen LogP contribution is -2.66. The summed E-state index contributed by atoms with van der Waals surface area (Å²) in [4.78, 5) is 13.5.